The lowest BCUT2D eigenvalue weighted by molar-refractivity contribution is 0.407. The van der Waals surface area contributed by atoms with E-state index in [1.165, 1.54) is 0 Å². The molecule has 0 aromatic rings. The summed E-state index contributed by atoms with van der Waals surface area (Å²) in [7, 11) is 0. The molecule has 0 heteroatoms. The first kappa shape index (κ1) is 1.75. The van der Waals surface area contributed by atoms with Crippen LogP contribution in [0.1, 0.15) is 42.2 Å². The van der Waals surface area contributed by atoms with Gasteiger partial charge in [0.2, 0.25) is 0 Å². The van der Waals surface area contributed by atoms with Gasteiger partial charge in [-0.2, -0.15) is 0 Å². The van der Waals surface area contributed by atoms with Crippen molar-refractivity contribution in [1.82, 2.24) is 0 Å². The highest BCUT2D eigenvalue weighted by atomic mass is 14.1. The molecule has 44 valence electrons. The molecule has 7 heavy (non-hydrogen) atoms. The fraction of sp³-hybridized carbons (Fsp3) is 1.00. The predicted molar refractivity (Wildman–Crippen MR) is 34.3 cm³/mol. The minimum Gasteiger partial charge on any atom is -0.0651 e. The molecule has 0 saturated heterocycles. The molecule has 0 aromatic heterocycles. The van der Waals surface area contributed by atoms with Crippen LogP contribution in [0, 0.1) is 11.8 Å². The van der Waals surface area contributed by atoms with Crippen LogP contribution in [0.5, 0.6) is 0 Å². The lowest BCUT2D eigenvalue weighted by atomic mass is 9.96. The highest BCUT2D eigenvalue weighted by molar-refractivity contribution is 4.52. The largest absolute Gasteiger partial charge is 0.0651 e. The Balaban J connectivity index is 5.22. The summed E-state index contributed by atoms with van der Waals surface area (Å²) in [6, 6.07) is 0. The van der Waals surface area contributed by atoms with Crippen LogP contribution in [0.4, 0.5) is 0 Å². The van der Waals surface area contributed by atoms with Crippen molar-refractivity contribution < 1.29 is 8.22 Å². The summed E-state index contributed by atoms with van der Waals surface area (Å²) in [5.74, 6) is -2.60. The van der Waals surface area contributed by atoms with Crippen LogP contribution >= 0.6 is 0 Å². The van der Waals surface area contributed by atoms with E-state index in [0.717, 1.165) is 6.92 Å². The third-order valence-corrected chi connectivity index (χ3v) is 0.847. The summed E-state index contributed by atoms with van der Waals surface area (Å²) < 4.78 is 44.1. The number of hydrogen-bond donors (Lipinski definition) is 0. The molecule has 0 nitrogen and oxygen atoms in total. The van der Waals surface area contributed by atoms with E-state index in [2.05, 4.69) is 0 Å². The van der Waals surface area contributed by atoms with Crippen molar-refractivity contribution in [3.05, 3.63) is 0 Å². The first-order valence-corrected chi connectivity index (χ1v) is 2.44. The van der Waals surface area contributed by atoms with Crippen molar-refractivity contribution in [3.63, 3.8) is 0 Å². The van der Waals surface area contributed by atoms with Gasteiger partial charge >= 0.3 is 0 Å². The Labute approximate surface area is 55.4 Å². The van der Waals surface area contributed by atoms with Crippen LogP contribution in [0.15, 0.2) is 0 Å². The minimum absolute atomic E-state index is 0.556. The molecule has 1 atom stereocenters. The fourth-order valence-corrected chi connectivity index (χ4v) is 0.289. The van der Waals surface area contributed by atoms with Gasteiger partial charge in [-0.3, -0.25) is 0 Å². The van der Waals surface area contributed by atoms with Crippen molar-refractivity contribution >= 4 is 0 Å². The smallest absolute Gasteiger partial charge is 0.0302 e. The van der Waals surface area contributed by atoms with Gasteiger partial charge in [-0.05, 0) is 11.8 Å². The van der Waals surface area contributed by atoms with Crippen molar-refractivity contribution in [3.8, 4) is 0 Å². The lowest BCUT2D eigenvalue weighted by Crippen LogP contribution is -2.00. The molecule has 0 radical (unpaired) electrons. The van der Waals surface area contributed by atoms with E-state index in [0.29, 0.717) is 0 Å². The van der Waals surface area contributed by atoms with Crippen molar-refractivity contribution in [2.45, 2.75) is 34.0 Å². The van der Waals surface area contributed by atoms with Gasteiger partial charge in [-0.15, -0.1) is 0 Å². The fourth-order valence-electron chi connectivity index (χ4n) is 0.289. The third-order valence-electron chi connectivity index (χ3n) is 0.847. The van der Waals surface area contributed by atoms with E-state index >= 15 is 0 Å². The van der Waals surface area contributed by atoms with Crippen LogP contribution in [0.25, 0.3) is 0 Å². The Morgan fingerprint density at radius 2 is 2.43 bits per heavy atom. The van der Waals surface area contributed by atoms with Crippen LogP contribution < -0.4 is 0 Å². The number of rotatable bonds is 2. The van der Waals surface area contributed by atoms with Gasteiger partial charge in [0.1, 0.15) is 0 Å². The second kappa shape index (κ2) is 3.06. The van der Waals surface area contributed by atoms with Crippen LogP contribution in [-0.4, -0.2) is 0 Å². The van der Waals surface area contributed by atoms with E-state index in [1.807, 2.05) is 0 Å². The van der Waals surface area contributed by atoms with Gasteiger partial charge in [-0.1, -0.05) is 34.0 Å². The Bertz CT molecular complexity index is 160. The first-order valence-electron chi connectivity index (χ1n) is 5.44. The molecular formula is C7H16. The summed E-state index contributed by atoms with van der Waals surface area (Å²) >= 11 is 0. The SMILES string of the molecule is [2H]C([2H])([2H])C([2H])(C(C)C)C([2H])([2H])C. The van der Waals surface area contributed by atoms with E-state index in [1.54, 1.807) is 13.8 Å². The quantitative estimate of drug-likeness (QED) is 0.507. The molecule has 0 bridgehead atoms. The van der Waals surface area contributed by atoms with Gasteiger partial charge in [0.15, 0.2) is 0 Å². The Hall–Kier alpha value is 0. The lowest BCUT2D eigenvalue weighted by Gasteiger charge is -2.10. The standard InChI is InChI=1S/C7H16/c1-5-7(4)6(2)3/h6-7H,5H2,1-4H3/i4D3,5D2,7D. The van der Waals surface area contributed by atoms with Gasteiger partial charge < -0.3 is 0 Å². The van der Waals surface area contributed by atoms with Gasteiger partial charge in [0.05, 0.1) is 0 Å². The Kier molecular flexibility index (Phi) is 0.765. The zero-order chi connectivity index (χ0) is 11.1. The maximum absolute atomic E-state index is 7.74. The molecular weight excluding hydrogens is 84.1 g/mol. The van der Waals surface area contributed by atoms with E-state index < -0.39 is 25.0 Å². The Morgan fingerprint density at radius 1 is 1.86 bits per heavy atom. The van der Waals surface area contributed by atoms with Crippen molar-refractivity contribution in [1.29, 1.82) is 0 Å². The molecule has 0 aliphatic heterocycles. The van der Waals surface area contributed by atoms with Crippen LogP contribution in [0.3, 0.4) is 0 Å². The summed E-state index contributed by atoms with van der Waals surface area (Å²) in [5.41, 5.74) is 0. The monoisotopic (exact) mass is 106 g/mol. The molecule has 0 aliphatic rings. The summed E-state index contributed by atoms with van der Waals surface area (Å²) in [6.45, 7) is 1.66. The highest BCUT2D eigenvalue weighted by Gasteiger charge is 2.01. The molecule has 1 unspecified atom stereocenters. The highest BCUT2D eigenvalue weighted by Crippen LogP contribution is 2.11. The minimum atomic E-state index is -2.60. The molecule has 0 fully saturated rings. The molecule has 0 aliphatic carbocycles. The Morgan fingerprint density at radius 3 is 2.43 bits per heavy atom. The average Bonchev–Trinajstić information content (AvgIpc) is 1.80. The molecule has 0 rings (SSSR count). The maximum Gasteiger partial charge on any atom is 0.0302 e. The summed E-state index contributed by atoms with van der Waals surface area (Å²) in [5, 5.41) is 0. The third kappa shape index (κ3) is 2.67. The molecule has 0 spiro atoms. The van der Waals surface area contributed by atoms with E-state index in [9.17, 15) is 0 Å². The molecule has 0 N–H and O–H groups in total. The summed E-state index contributed by atoms with van der Waals surface area (Å²) in [6.07, 6.45) is -2.04. The molecule has 0 amide bonds. The predicted octanol–water partition coefficient (Wildman–Crippen LogP) is 2.69. The molecule has 0 heterocycles. The van der Waals surface area contributed by atoms with E-state index in [4.69, 9.17) is 8.22 Å². The zero-order valence-electron chi connectivity index (χ0n) is 11.1. The number of hydrogen-bond acceptors (Lipinski definition) is 0. The summed E-state index contributed by atoms with van der Waals surface area (Å²) in [4.78, 5) is 0. The molecule has 0 aromatic carbocycles. The van der Waals surface area contributed by atoms with Gasteiger partial charge in [0.25, 0.3) is 0 Å². The zero-order valence-corrected chi connectivity index (χ0v) is 5.08. The second-order valence-electron chi connectivity index (χ2n) is 1.82. The van der Waals surface area contributed by atoms with Crippen LogP contribution in [-0.2, 0) is 0 Å². The normalized spacial score (nSPS) is 36.0. The average molecular weight is 106 g/mol. The topological polar surface area (TPSA) is 0 Å². The maximum atomic E-state index is 7.74. The first-order chi connectivity index (χ1) is 5.44. The second-order valence-corrected chi connectivity index (χ2v) is 1.82. The van der Waals surface area contributed by atoms with Crippen LogP contribution in [0.2, 0.25) is 0 Å². The van der Waals surface area contributed by atoms with E-state index in [-0.39, 0.29) is 0 Å². The van der Waals surface area contributed by atoms with Crippen molar-refractivity contribution in [2.24, 2.45) is 11.8 Å². The van der Waals surface area contributed by atoms with Gasteiger partial charge in [-0.25, -0.2) is 0 Å². The van der Waals surface area contributed by atoms with Crippen molar-refractivity contribution in [2.75, 3.05) is 0 Å². The molecule has 0 saturated carbocycles. The van der Waals surface area contributed by atoms with Gasteiger partial charge in [0, 0.05) is 8.22 Å².